The van der Waals surface area contributed by atoms with Crippen LogP contribution in [0.15, 0.2) is 84.9 Å². The minimum absolute atomic E-state index is 0.114. The minimum Gasteiger partial charge on any atom is -0.340 e. The lowest BCUT2D eigenvalue weighted by Gasteiger charge is -2.35. The number of urea groups is 1. The van der Waals surface area contributed by atoms with E-state index in [-0.39, 0.29) is 11.9 Å². The molecule has 3 aromatic carbocycles. The van der Waals surface area contributed by atoms with Gasteiger partial charge >= 0.3 is 6.03 Å². The van der Waals surface area contributed by atoms with Crippen LogP contribution in [-0.4, -0.2) is 65.9 Å². The zero-order valence-corrected chi connectivity index (χ0v) is 22.7. The lowest BCUT2D eigenvalue weighted by atomic mass is 10.0. The van der Waals surface area contributed by atoms with E-state index in [0.717, 1.165) is 44.8 Å². The highest BCUT2D eigenvalue weighted by atomic mass is 16.2. The second-order valence-corrected chi connectivity index (χ2v) is 10.3. The van der Waals surface area contributed by atoms with Crippen LogP contribution in [0.1, 0.15) is 42.9 Å². The molecule has 6 nitrogen and oxygen atoms in total. The standard InChI is InChI=1S/C32H40N4O2/c1-26(2)29-13-15-30(16-14-29)33-32(38)36(19-17-27-9-5-3-6-10-27)20-18-31(37)35-23-21-34(22-24-35)25-28-11-7-4-8-12-28/h3-16,26H,17-25H2,1-2H3,(H,33,38). The van der Waals surface area contributed by atoms with Gasteiger partial charge in [-0.15, -0.1) is 0 Å². The lowest BCUT2D eigenvalue weighted by molar-refractivity contribution is -0.133. The second kappa shape index (κ2) is 13.8. The van der Waals surface area contributed by atoms with Crippen LogP contribution in [0.25, 0.3) is 0 Å². The van der Waals surface area contributed by atoms with Crippen molar-refractivity contribution in [2.45, 2.75) is 39.2 Å². The van der Waals surface area contributed by atoms with Crippen LogP contribution in [0, 0.1) is 0 Å². The Bertz CT molecular complexity index is 1140. The van der Waals surface area contributed by atoms with Gasteiger partial charge in [0.1, 0.15) is 0 Å². The molecule has 0 unspecified atom stereocenters. The fourth-order valence-corrected chi connectivity index (χ4v) is 4.76. The van der Waals surface area contributed by atoms with Crippen LogP contribution in [0.2, 0.25) is 0 Å². The van der Waals surface area contributed by atoms with Crippen molar-refractivity contribution in [3.8, 4) is 0 Å². The van der Waals surface area contributed by atoms with Crippen LogP contribution in [0.5, 0.6) is 0 Å². The molecule has 1 heterocycles. The predicted molar refractivity (Wildman–Crippen MR) is 154 cm³/mol. The molecule has 0 aromatic heterocycles. The van der Waals surface area contributed by atoms with E-state index in [1.807, 2.05) is 41.3 Å². The Hall–Kier alpha value is -3.64. The van der Waals surface area contributed by atoms with Crippen molar-refractivity contribution in [2.24, 2.45) is 0 Å². The van der Waals surface area contributed by atoms with Gasteiger partial charge in [0.05, 0.1) is 0 Å². The number of piperazine rings is 1. The molecular formula is C32H40N4O2. The molecule has 0 atom stereocenters. The highest BCUT2D eigenvalue weighted by molar-refractivity contribution is 5.89. The van der Waals surface area contributed by atoms with Gasteiger partial charge in [-0.25, -0.2) is 4.79 Å². The summed E-state index contributed by atoms with van der Waals surface area (Å²) in [6.07, 6.45) is 1.07. The maximum Gasteiger partial charge on any atom is 0.321 e. The molecule has 1 aliphatic rings. The third-order valence-electron chi connectivity index (χ3n) is 7.20. The van der Waals surface area contributed by atoms with Crippen molar-refractivity contribution in [2.75, 3.05) is 44.6 Å². The summed E-state index contributed by atoms with van der Waals surface area (Å²) in [6.45, 7) is 9.35. The van der Waals surface area contributed by atoms with Crippen LogP contribution in [0.3, 0.4) is 0 Å². The van der Waals surface area contributed by atoms with Gasteiger partial charge in [0.25, 0.3) is 0 Å². The number of carbonyl (C=O) groups is 2. The van der Waals surface area contributed by atoms with E-state index >= 15 is 0 Å². The molecule has 1 aliphatic heterocycles. The molecule has 3 aromatic rings. The average Bonchev–Trinajstić information content (AvgIpc) is 2.94. The van der Waals surface area contributed by atoms with Crippen molar-refractivity contribution in [1.82, 2.24) is 14.7 Å². The summed E-state index contributed by atoms with van der Waals surface area (Å²) >= 11 is 0. The molecule has 1 N–H and O–H groups in total. The first kappa shape index (κ1) is 27.4. The van der Waals surface area contributed by atoms with Gasteiger partial charge in [-0.05, 0) is 41.2 Å². The monoisotopic (exact) mass is 512 g/mol. The molecule has 0 spiro atoms. The Labute approximate surface area is 227 Å². The first-order valence-corrected chi connectivity index (χ1v) is 13.7. The molecule has 0 radical (unpaired) electrons. The van der Waals surface area contributed by atoms with Gasteiger partial charge < -0.3 is 15.1 Å². The number of anilines is 1. The van der Waals surface area contributed by atoms with Crippen molar-refractivity contribution in [3.63, 3.8) is 0 Å². The Kier molecular flexibility index (Phi) is 9.93. The van der Waals surface area contributed by atoms with Gasteiger partial charge in [0, 0.05) is 57.9 Å². The average molecular weight is 513 g/mol. The van der Waals surface area contributed by atoms with Gasteiger partial charge in [-0.3, -0.25) is 9.69 Å². The van der Waals surface area contributed by atoms with Gasteiger partial charge in [-0.1, -0.05) is 86.6 Å². The van der Waals surface area contributed by atoms with E-state index in [9.17, 15) is 9.59 Å². The van der Waals surface area contributed by atoms with Crippen molar-refractivity contribution in [1.29, 1.82) is 0 Å². The van der Waals surface area contributed by atoms with Crippen LogP contribution in [-0.2, 0) is 17.8 Å². The number of amides is 3. The normalized spacial score (nSPS) is 13.9. The quantitative estimate of drug-likeness (QED) is 0.384. The number of rotatable bonds is 10. The third kappa shape index (κ3) is 8.18. The maximum absolute atomic E-state index is 13.2. The summed E-state index contributed by atoms with van der Waals surface area (Å²) in [7, 11) is 0. The maximum atomic E-state index is 13.2. The van der Waals surface area contributed by atoms with E-state index < -0.39 is 0 Å². The number of hydrogen-bond acceptors (Lipinski definition) is 3. The molecular weight excluding hydrogens is 472 g/mol. The van der Waals surface area contributed by atoms with E-state index in [2.05, 4.69) is 72.6 Å². The number of hydrogen-bond donors (Lipinski definition) is 1. The van der Waals surface area contributed by atoms with Gasteiger partial charge in [-0.2, -0.15) is 0 Å². The van der Waals surface area contributed by atoms with E-state index in [4.69, 9.17) is 0 Å². The summed E-state index contributed by atoms with van der Waals surface area (Å²) in [5, 5.41) is 3.03. The highest BCUT2D eigenvalue weighted by Crippen LogP contribution is 2.18. The topological polar surface area (TPSA) is 55.9 Å². The molecule has 1 fully saturated rings. The Morgan fingerprint density at radius 2 is 1.39 bits per heavy atom. The first-order chi connectivity index (χ1) is 18.5. The molecule has 200 valence electrons. The first-order valence-electron chi connectivity index (χ1n) is 13.7. The van der Waals surface area contributed by atoms with E-state index in [0.29, 0.717) is 25.4 Å². The van der Waals surface area contributed by atoms with Crippen LogP contribution in [0.4, 0.5) is 10.5 Å². The van der Waals surface area contributed by atoms with Gasteiger partial charge in [0.2, 0.25) is 5.91 Å². The molecule has 4 rings (SSSR count). The fraction of sp³-hybridized carbons (Fsp3) is 0.375. The second-order valence-electron chi connectivity index (χ2n) is 10.3. The Morgan fingerprint density at radius 3 is 2.00 bits per heavy atom. The summed E-state index contributed by atoms with van der Waals surface area (Å²) in [5.74, 6) is 0.552. The van der Waals surface area contributed by atoms with E-state index in [1.54, 1.807) is 4.90 Å². The molecule has 0 bridgehead atoms. The predicted octanol–water partition coefficient (Wildman–Crippen LogP) is 5.62. The van der Waals surface area contributed by atoms with Crippen molar-refractivity contribution in [3.05, 3.63) is 102 Å². The van der Waals surface area contributed by atoms with Gasteiger partial charge in [0.15, 0.2) is 0 Å². The molecule has 0 aliphatic carbocycles. The molecule has 3 amide bonds. The highest BCUT2D eigenvalue weighted by Gasteiger charge is 2.23. The summed E-state index contributed by atoms with van der Waals surface area (Å²) in [5.41, 5.74) is 4.47. The summed E-state index contributed by atoms with van der Waals surface area (Å²) in [6, 6.07) is 28.4. The lowest BCUT2D eigenvalue weighted by Crippen LogP contribution is -2.49. The number of nitrogens with zero attached hydrogens (tertiary/aromatic N) is 3. The fourth-order valence-electron chi connectivity index (χ4n) is 4.76. The SMILES string of the molecule is CC(C)c1ccc(NC(=O)N(CCC(=O)N2CCN(Cc3ccccc3)CC2)CCc2ccccc2)cc1. The number of benzene rings is 3. The van der Waals surface area contributed by atoms with Crippen molar-refractivity contribution < 1.29 is 9.59 Å². The molecule has 38 heavy (non-hydrogen) atoms. The minimum atomic E-state index is -0.168. The smallest absolute Gasteiger partial charge is 0.321 e. The van der Waals surface area contributed by atoms with E-state index in [1.165, 1.54) is 16.7 Å². The van der Waals surface area contributed by atoms with Crippen LogP contribution < -0.4 is 5.32 Å². The third-order valence-corrected chi connectivity index (χ3v) is 7.20. The van der Waals surface area contributed by atoms with Crippen molar-refractivity contribution >= 4 is 17.6 Å². The summed E-state index contributed by atoms with van der Waals surface area (Å²) < 4.78 is 0. The largest absolute Gasteiger partial charge is 0.340 e. The Morgan fingerprint density at radius 1 is 0.789 bits per heavy atom. The molecule has 6 heteroatoms. The Balaban J connectivity index is 1.31. The number of carbonyl (C=O) groups excluding carboxylic acids is 2. The number of nitrogens with one attached hydrogen (secondary N) is 1. The van der Waals surface area contributed by atoms with Crippen LogP contribution >= 0.6 is 0 Å². The zero-order chi connectivity index (χ0) is 26.7. The molecule has 0 saturated carbocycles. The molecule has 1 saturated heterocycles. The summed E-state index contributed by atoms with van der Waals surface area (Å²) in [4.78, 5) is 32.4. The zero-order valence-electron chi connectivity index (χ0n) is 22.7.